The first-order chi connectivity index (χ1) is 14.2. The Hall–Kier alpha value is -3.48. The minimum Gasteiger partial charge on any atom is -0.349 e. The van der Waals surface area contributed by atoms with Crippen LogP contribution in [0.1, 0.15) is 47.7 Å². The van der Waals surface area contributed by atoms with Gasteiger partial charge in [0, 0.05) is 28.3 Å². The van der Waals surface area contributed by atoms with Crippen molar-refractivity contribution in [3.05, 3.63) is 70.3 Å². The quantitative estimate of drug-likeness (QED) is 0.502. The van der Waals surface area contributed by atoms with Gasteiger partial charge < -0.3 is 5.32 Å². The number of hydrogen-bond acceptors (Lipinski definition) is 4. The molecule has 0 atom stereocenters. The Labute approximate surface area is 166 Å². The molecule has 146 valence electrons. The van der Waals surface area contributed by atoms with Gasteiger partial charge in [0.15, 0.2) is 0 Å². The van der Waals surface area contributed by atoms with Crippen LogP contribution in [0.3, 0.4) is 0 Å². The molecule has 29 heavy (non-hydrogen) atoms. The lowest BCUT2D eigenvalue weighted by Gasteiger charge is -2.29. The summed E-state index contributed by atoms with van der Waals surface area (Å²) in [7, 11) is 0. The van der Waals surface area contributed by atoms with E-state index in [1.54, 1.807) is 6.20 Å². The van der Waals surface area contributed by atoms with Gasteiger partial charge in [-0.25, -0.2) is 5.10 Å². The number of H-pyrrole nitrogens is 2. The summed E-state index contributed by atoms with van der Waals surface area (Å²) in [6, 6.07) is 13.3. The lowest BCUT2D eigenvalue weighted by molar-refractivity contribution is 0.0926. The monoisotopic (exact) mass is 387 g/mol. The molecule has 1 aliphatic carbocycles. The molecule has 1 fully saturated rings. The van der Waals surface area contributed by atoms with E-state index in [1.807, 2.05) is 42.5 Å². The fourth-order valence-electron chi connectivity index (χ4n) is 4.31. The lowest BCUT2D eigenvalue weighted by Crippen LogP contribution is -2.37. The average Bonchev–Trinajstić information content (AvgIpc) is 3.23. The number of nitrogens with zero attached hydrogens (tertiary/aromatic N) is 2. The second-order valence-electron chi connectivity index (χ2n) is 7.68. The molecular formula is C22H21N5O2. The molecule has 1 amide bonds. The zero-order valence-electron chi connectivity index (χ0n) is 15.8. The third-order valence-corrected chi connectivity index (χ3v) is 5.88. The molecule has 0 bridgehead atoms. The summed E-state index contributed by atoms with van der Waals surface area (Å²) < 4.78 is 0. The van der Waals surface area contributed by atoms with E-state index in [-0.39, 0.29) is 23.4 Å². The number of rotatable bonds is 3. The molecule has 0 saturated heterocycles. The van der Waals surface area contributed by atoms with Gasteiger partial charge in [0.25, 0.3) is 11.5 Å². The summed E-state index contributed by atoms with van der Waals surface area (Å²) in [5.74, 6) is 0.226. The van der Waals surface area contributed by atoms with Gasteiger partial charge in [-0.1, -0.05) is 24.3 Å². The molecule has 3 N–H and O–H groups in total. The molecular weight excluding hydrogens is 366 g/mol. The Bertz CT molecular complexity index is 1250. The van der Waals surface area contributed by atoms with E-state index in [0.29, 0.717) is 10.9 Å². The Morgan fingerprint density at radius 1 is 1.00 bits per heavy atom. The van der Waals surface area contributed by atoms with Crippen molar-refractivity contribution >= 4 is 27.6 Å². The summed E-state index contributed by atoms with van der Waals surface area (Å²) in [5, 5.41) is 19.6. The summed E-state index contributed by atoms with van der Waals surface area (Å²) in [6.45, 7) is 0. The number of aromatic amines is 2. The van der Waals surface area contributed by atoms with E-state index in [2.05, 4.69) is 25.7 Å². The third kappa shape index (κ3) is 3.29. The Morgan fingerprint density at radius 2 is 1.79 bits per heavy atom. The van der Waals surface area contributed by atoms with E-state index in [9.17, 15) is 9.59 Å². The maximum absolute atomic E-state index is 12.6. The number of fused-ring (bicyclic) bond motifs is 2. The predicted octanol–water partition coefficient (Wildman–Crippen LogP) is 3.26. The minimum atomic E-state index is -0.153. The number of carbonyl (C=O) groups is 1. The first-order valence-electron chi connectivity index (χ1n) is 9.90. The van der Waals surface area contributed by atoms with Crippen LogP contribution < -0.4 is 10.9 Å². The number of amides is 1. The first kappa shape index (κ1) is 17.6. The van der Waals surface area contributed by atoms with Crippen molar-refractivity contribution in [1.82, 2.24) is 25.7 Å². The summed E-state index contributed by atoms with van der Waals surface area (Å²) in [6.07, 6.45) is 5.36. The van der Waals surface area contributed by atoms with Crippen LogP contribution in [-0.4, -0.2) is 32.3 Å². The van der Waals surface area contributed by atoms with Crippen LogP contribution in [0, 0.1) is 0 Å². The zero-order chi connectivity index (χ0) is 19.8. The third-order valence-electron chi connectivity index (χ3n) is 5.88. The molecule has 1 aliphatic rings. The van der Waals surface area contributed by atoms with Crippen LogP contribution in [0.4, 0.5) is 0 Å². The zero-order valence-corrected chi connectivity index (χ0v) is 15.8. The fraction of sp³-hybridized carbons (Fsp3) is 0.273. The van der Waals surface area contributed by atoms with Crippen molar-refractivity contribution < 1.29 is 4.79 Å². The molecule has 1 saturated carbocycles. The van der Waals surface area contributed by atoms with Crippen LogP contribution in [-0.2, 0) is 0 Å². The largest absolute Gasteiger partial charge is 0.349 e. The highest BCUT2D eigenvalue weighted by Gasteiger charge is 2.26. The van der Waals surface area contributed by atoms with E-state index in [4.69, 9.17) is 0 Å². The van der Waals surface area contributed by atoms with Crippen molar-refractivity contribution in [1.29, 1.82) is 0 Å². The summed E-state index contributed by atoms with van der Waals surface area (Å²) in [5.41, 5.74) is 2.30. The van der Waals surface area contributed by atoms with E-state index in [0.717, 1.165) is 47.7 Å². The molecule has 0 unspecified atom stereocenters. The number of nitrogens with one attached hydrogen (secondary N) is 3. The topological polar surface area (TPSA) is 104 Å². The van der Waals surface area contributed by atoms with Gasteiger partial charge in [-0.05, 0) is 43.9 Å². The van der Waals surface area contributed by atoms with Gasteiger partial charge in [0.05, 0.1) is 22.8 Å². The average molecular weight is 387 g/mol. The highest BCUT2D eigenvalue weighted by atomic mass is 16.1. The lowest BCUT2D eigenvalue weighted by atomic mass is 9.82. The molecule has 2 heterocycles. The fourth-order valence-corrected chi connectivity index (χ4v) is 4.31. The van der Waals surface area contributed by atoms with Crippen molar-refractivity contribution in [2.24, 2.45) is 0 Å². The summed E-state index contributed by atoms with van der Waals surface area (Å²) in [4.78, 5) is 24.7. The molecule has 4 aromatic rings. The maximum atomic E-state index is 12.6. The number of aromatic nitrogens is 4. The van der Waals surface area contributed by atoms with Crippen LogP contribution in [0.25, 0.3) is 21.7 Å². The van der Waals surface area contributed by atoms with E-state index >= 15 is 0 Å². The SMILES string of the molecule is O=C(N[C@H]1CC[C@H](c2n[nH]c(=O)c3ccccc32)CC1)c1ccc2cn[nH]c2c1. The molecule has 0 aliphatic heterocycles. The van der Waals surface area contributed by atoms with E-state index in [1.165, 1.54) is 0 Å². The molecule has 2 aromatic carbocycles. The Kier molecular flexibility index (Phi) is 4.35. The highest BCUT2D eigenvalue weighted by molar-refractivity contribution is 5.97. The van der Waals surface area contributed by atoms with Crippen molar-refractivity contribution in [3.63, 3.8) is 0 Å². The van der Waals surface area contributed by atoms with Gasteiger partial charge in [-0.3, -0.25) is 14.7 Å². The van der Waals surface area contributed by atoms with Gasteiger partial charge in [0.2, 0.25) is 0 Å². The number of hydrogen-bond donors (Lipinski definition) is 3. The highest BCUT2D eigenvalue weighted by Crippen LogP contribution is 2.34. The van der Waals surface area contributed by atoms with Crippen LogP contribution in [0.5, 0.6) is 0 Å². The summed E-state index contributed by atoms with van der Waals surface area (Å²) >= 11 is 0. The first-order valence-corrected chi connectivity index (χ1v) is 9.90. The van der Waals surface area contributed by atoms with Gasteiger partial charge in [-0.15, -0.1) is 0 Å². The molecule has 7 nitrogen and oxygen atoms in total. The van der Waals surface area contributed by atoms with Crippen molar-refractivity contribution in [3.8, 4) is 0 Å². The molecule has 0 radical (unpaired) electrons. The normalized spacial score (nSPS) is 19.4. The second kappa shape index (κ2) is 7.16. The van der Waals surface area contributed by atoms with Gasteiger partial charge >= 0.3 is 0 Å². The van der Waals surface area contributed by atoms with Crippen molar-refractivity contribution in [2.45, 2.75) is 37.6 Å². The van der Waals surface area contributed by atoms with Crippen molar-refractivity contribution in [2.75, 3.05) is 0 Å². The minimum absolute atomic E-state index is 0.0578. The molecule has 0 spiro atoms. The smallest absolute Gasteiger partial charge is 0.272 e. The molecule has 5 rings (SSSR count). The Morgan fingerprint density at radius 3 is 2.62 bits per heavy atom. The van der Waals surface area contributed by atoms with Gasteiger partial charge in [-0.2, -0.15) is 10.2 Å². The standard InChI is InChI=1S/C22H21N5O2/c28-21(14-5-6-15-12-23-25-19(15)11-14)24-16-9-7-13(8-10-16)20-17-3-1-2-4-18(17)22(29)27-26-20/h1-6,11-13,16H,7-10H2,(H,23,25)(H,24,28)(H,27,29)/t13-,16-. The number of benzene rings is 2. The molecule has 7 heteroatoms. The van der Waals surface area contributed by atoms with Crippen LogP contribution in [0.15, 0.2) is 53.5 Å². The number of carbonyl (C=O) groups excluding carboxylic acids is 1. The second-order valence-corrected chi connectivity index (χ2v) is 7.68. The Balaban J connectivity index is 1.28. The van der Waals surface area contributed by atoms with Gasteiger partial charge in [0.1, 0.15) is 0 Å². The maximum Gasteiger partial charge on any atom is 0.272 e. The van der Waals surface area contributed by atoms with Crippen LogP contribution >= 0.6 is 0 Å². The molecule has 2 aromatic heterocycles. The predicted molar refractivity (Wildman–Crippen MR) is 111 cm³/mol. The van der Waals surface area contributed by atoms with Crippen LogP contribution in [0.2, 0.25) is 0 Å². The van der Waals surface area contributed by atoms with E-state index < -0.39 is 0 Å².